The Labute approximate surface area is 114 Å². The van der Waals surface area contributed by atoms with E-state index >= 15 is 0 Å². The highest BCUT2D eigenvalue weighted by molar-refractivity contribution is 5.84. The Morgan fingerprint density at radius 3 is 2.63 bits per heavy atom. The molecule has 102 valence electrons. The van der Waals surface area contributed by atoms with Crippen molar-refractivity contribution in [1.29, 1.82) is 0 Å². The van der Waals surface area contributed by atoms with Crippen LogP contribution in [0.4, 0.5) is 0 Å². The molecule has 0 aliphatic rings. The summed E-state index contributed by atoms with van der Waals surface area (Å²) >= 11 is 0. The highest BCUT2D eigenvalue weighted by Crippen LogP contribution is 2.21. The minimum absolute atomic E-state index is 0.239. The first-order valence-electron chi connectivity index (χ1n) is 6.64. The molecule has 0 fully saturated rings. The number of benzene rings is 2. The number of rotatable bonds is 6. The molecule has 0 aliphatic carbocycles. The molecule has 0 amide bonds. The molecular weight excluding hydrogens is 238 g/mol. The van der Waals surface area contributed by atoms with Crippen LogP contribution >= 0.6 is 0 Å². The van der Waals surface area contributed by atoms with Gasteiger partial charge in [-0.1, -0.05) is 18.2 Å². The van der Waals surface area contributed by atoms with Crippen molar-refractivity contribution in [2.75, 3.05) is 13.7 Å². The molecule has 0 spiro atoms. The number of methoxy groups -OCH3 is 1. The van der Waals surface area contributed by atoms with Crippen molar-refractivity contribution in [3.63, 3.8) is 0 Å². The van der Waals surface area contributed by atoms with Crippen LogP contribution in [0, 0.1) is 0 Å². The summed E-state index contributed by atoms with van der Waals surface area (Å²) in [6.07, 6.45) is 0.543. The normalized spacial score (nSPS) is 12.6. The minimum atomic E-state index is -0.239. The van der Waals surface area contributed by atoms with Crippen LogP contribution in [-0.2, 0) is 6.54 Å². The fourth-order valence-corrected chi connectivity index (χ4v) is 2.05. The summed E-state index contributed by atoms with van der Waals surface area (Å²) in [5.74, 6) is 0.885. The average molecular weight is 259 g/mol. The zero-order chi connectivity index (χ0) is 13.7. The highest BCUT2D eigenvalue weighted by Gasteiger charge is 2.00. The second-order valence-corrected chi connectivity index (χ2v) is 4.86. The summed E-state index contributed by atoms with van der Waals surface area (Å²) in [6.45, 7) is 3.47. The zero-order valence-corrected chi connectivity index (χ0v) is 11.5. The van der Waals surface area contributed by atoms with Crippen molar-refractivity contribution in [3.8, 4) is 5.75 Å². The lowest BCUT2D eigenvalue weighted by Crippen LogP contribution is -2.18. The molecule has 0 aliphatic heterocycles. The number of fused-ring (bicyclic) bond motifs is 1. The van der Waals surface area contributed by atoms with Crippen molar-refractivity contribution >= 4 is 10.8 Å². The molecule has 0 saturated carbocycles. The van der Waals surface area contributed by atoms with Gasteiger partial charge in [-0.05, 0) is 54.4 Å². The molecule has 0 heterocycles. The first kappa shape index (κ1) is 13.8. The van der Waals surface area contributed by atoms with Gasteiger partial charge in [0.2, 0.25) is 0 Å². The molecule has 3 nitrogen and oxygen atoms in total. The van der Waals surface area contributed by atoms with Crippen LogP contribution < -0.4 is 10.1 Å². The van der Waals surface area contributed by atoms with E-state index in [1.807, 2.05) is 19.1 Å². The van der Waals surface area contributed by atoms with Gasteiger partial charge in [-0.2, -0.15) is 0 Å². The lowest BCUT2D eigenvalue weighted by molar-refractivity contribution is 0.183. The van der Waals surface area contributed by atoms with Gasteiger partial charge in [-0.25, -0.2) is 0 Å². The molecule has 2 aromatic carbocycles. The lowest BCUT2D eigenvalue weighted by atomic mass is 10.1. The summed E-state index contributed by atoms with van der Waals surface area (Å²) in [4.78, 5) is 0. The van der Waals surface area contributed by atoms with Gasteiger partial charge < -0.3 is 15.2 Å². The van der Waals surface area contributed by atoms with Crippen molar-refractivity contribution in [3.05, 3.63) is 42.0 Å². The summed E-state index contributed by atoms with van der Waals surface area (Å²) in [6, 6.07) is 12.5. The molecule has 2 N–H and O–H groups in total. The van der Waals surface area contributed by atoms with E-state index < -0.39 is 0 Å². The number of nitrogens with one attached hydrogen (secondary N) is 1. The number of ether oxygens (including phenoxy) is 1. The molecule has 1 atom stereocenters. The lowest BCUT2D eigenvalue weighted by Gasteiger charge is -2.08. The van der Waals surface area contributed by atoms with Crippen molar-refractivity contribution in [2.24, 2.45) is 0 Å². The largest absolute Gasteiger partial charge is 0.497 e. The first-order valence-corrected chi connectivity index (χ1v) is 6.64. The average Bonchev–Trinajstić information content (AvgIpc) is 2.42. The number of aliphatic hydroxyl groups is 1. The predicted molar refractivity (Wildman–Crippen MR) is 78.5 cm³/mol. The Morgan fingerprint density at radius 2 is 1.89 bits per heavy atom. The van der Waals surface area contributed by atoms with E-state index in [1.165, 1.54) is 16.3 Å². The predicted octanol–water partition coefficient (Wildman–Crippen LogP) is 2.71. The van der Waals surface area contributed by atoms with Crippen LogP contribution in [0.25, 0.3) is 10.8 Å². The molecule has 0 bridgehead atoms. The maximum Gasteiger partial charge on any atom is 0.119 e. The maximum absolute atomic E-state index is 9.19. The van der Waals surface area contributed by atoms with Crippen molar-refractivity contribution in [1.82, 2.24) is 5.32 Å². The fourth-order valence-electron chi connectivity index (χ4n) is 2.05. The Kier molecular flexibility index (Phi) is 4.77. The third-order valence-electron chi connectivity index (χ3n) is 3.18. The van der Waals surface area contributed by atoms with E-state index in [1.54, 1.807) is 7.11 Å². The van der Waals surface area contributed by atoms with Crippen LogP contribution in [0.15, 0.2) is 36.4 Å². The maximum atomic E-state index is 9.19. The summed E-state index contributed by atoms with van der Waals surface area (Å²) in [7, 11) is 1.68. The third kappa shape index (κ3) is 3.94. The van der Waals surface area contributed by atoms with Gasteiger partial charge in [0, 0.05) is 6.54 Å². The Morgan fingerprint density at radius 1 is 1.16 bits per heavy atom. The quantitative estimate of drug-likeness (QED) is 0.784. The van der Waals surface area contributed by atoms with Gasteiger partial charge in [0.1, 0.15) is 5.75 Å². The number of aliphatic hydroxyl groups excluding tert-OH is 1. The van der Waals surface area contributed by atoms with Crippen LogP contribution in [0.5, 0.6) is 5.75 Å². The van der Waals surface area contributed by atoms with E-state index in [4.69, 9.17) is 4.74 Å². The summed E-state index contributed by atoms with van der Waals surface area (Å²) < 4.78 is 5.22. The fraction of sp³-hybridized carbons (Fsp3) is 0.375. The van der Waals surface area contributed by atoms with Crippen LogP contribution in [0.2, 0.25) is 0 Å². The molecule has 3 heteroatoms. The van der Waals surface area contributed by atoms with Crippen LogP contribution in [-0.4, -0.2) is 24.9 Å². The summed E-state index contributed by atoms with van der Waals surface area (Å²) in [5.41, 5.74) is 1.25. The van der Waals surface area contributed by atoms with Gasteiger partial charge >= 0.3 is 0 Å². The minimum Gasteiger partial charge on any atom is -0.497 e. The molecule has 0 radical (unpaired) electrons. The number of hydrogen-bond donors (Lipinski definition) is 2. The Hall–Kier alpha value is -1.58. The first-order chi connectivity index (χ1) is 9.19. The smallest absolute Gasteiger partial charge is 0.119 e. The molecular formula is C16H21NO2. The topological polar surface area (TPSA) is 41.5 Å². The highest BCUT2D eigenvalue weighted by atomic mass is 16.5. The Balaban J connectivity index is 2.01. The van der Waals surface area contributed by atoms with Gasteiger partial charge in [0.15, 0.2) is 0 Å². The van der Waals surface area contributed by atoms with E-state index in [9.17, 15) is 5.11 Å². The molecule has 2 rings (SSSR count). The zero-order valence-electron chi connectivity index (χ0n) is 11.5. The second-order valence-electron chi connectivity index (χ2n) is 4.86. The molecule has 19 heavy (non-hydrogen) atoms. The third-order valence-corrected chi connectivity index (χ3v) is 3.18. The van der Waals surface area contributed by atoms with Gasteiger partial charge in [-0.15, -0.1) is 0 Å². The van der Waals surface area contributed by atoms with Crippen LogP contribution in [0.1, 0.15) is 18.9 Å². The van der Waals surface area contributed by atoms with E-state index in [0.717, 1.165) is 25.3 Å². The van der Waals surface area contributed by atoms with Crippen LogP contribution in [0.3, 0.4) is 0 Å². The van der Waals surface area contributed by atoms with Crippen molar-refractivity contribution < 1.29 is 9.84 Å². The van der Waals surface area contributed by atoms with Gasteiger partial charge in [0.25, 0.3) is 0 Å². The van der Waals surface area contributed by atoms with Gasteiger partial charge in [-0.3, -0.25) is 0 Å². The molecule has 1 unspecified atom stereocenters. The standard InChI is InChI=1S/C16H21NO2/c1-12(18)7-8-17-11-13-3-4-15-10-16(19-2)6-5-14(15)9-13/h3-6,9-10,12,17-18H,7-8,11H2,1-2H3. The van der Waals surface area contributed by atoms with Gasteiger partial charge in [0.05, 0.1) is 13.2 Å². The number of hydrogen-bond acceptors (Lipinski definition) is 3. The van der Waals surface area contributed by atoms with Crippen molar-refractivity contribution in [2.45, 2.75) is 26.0 Å². The molecule has 0 aromatic heterocycles. The summed E-state index contributed by atoms with van der Waals surface area (Å²) in [5, 5.41) is 14.9. The molecule has 0 saturated heterocycles. The Bertz CT molecular complexity index is 537. The van der Waals surface area contributed by atoms with E-state index in [0.29, 0.717) is 0 Å². The second kappa shape index (κ2) is 6.55. The van der Waals surface area contributed by atoms with E-state index in [2.05, 4.69) is 29.6 Å². The van der Waals surface area contributed by atoms with E-state index in [-0.39, 0.29) is 6.10 Å². The SMILES string of the molecule is COc1ccc2cc(CNCCC(C)O)ccc2c1. The molecule has 2 aromatic rings. The monoisotopic (exact) mass is 259 g/mol.